The van der Waals surface area contributed by atoms with E-state index in [2.05, 4.69) is 48.3 Å². The first-order valence-corrected chi connectivity index (χ1v) is 9.57. The van der Waals surface area contributed by atoms with E-state index < -0.39 is 0 Å². The summed E-state index contributed by atoms with van der Waals surface area (Å²) in [5.74, 6) is -0.322. The van der Waals surface area contributed by atoms with Gasteiger partial charge in [0.05, 0.1) is 5.39 Å². The van der Waals surface area contributed by atoms with Crippen LogP contribution in [0.1, 0.15) is 35.5 Å². The molecule has 2 aromatic carbocycles. The van der Waals surface area contributed by atoms with E-state index in [9.17, 15) is 9.59 Å². The molecule has 1 amide bonds. The molecule has 5 nitrogen and oxygen atoms in total. The first kappa shape index (κ1) is 18.4. The third-order valence-electron chi connectivity index (χ3n) is 5.53. The van der Waals surface area contributed by atoms with Crippen LogP contribution >= 0.6 is 0 Å². The Kier molecular flexibility index (Phi) is 4.77. The molecule has 1 aliphatic heterocycles. The predicted molar refractivity (Wildman–Crippen MR) is 109 cm³/mol. The van der Waals surface area contributed by atoms with Gasteiger partial charge in [0, 0.05) is 31.2 Å². The summed E-state index contributed by atoms with van der Waals surface area (Å²) in [6.07, 6.45) is 1.01. The lowest BCUT2D eigenvalue weighted by Crippen LogP contribution is -2.53. The van der Waals surface area contributed by atoms with Crippen molar-refractivity contribution >= 4 is 16.9 Å². The summed E-state index contributed by atoms with van der Waals surface area (Å²) in [7, 11) is 0. The van der Waals surface area contributed by atoms with Gasteiger partial charge in [0.2, 0.25) is 0 Å². The average molecular weight is 376 g/mol. The fourth-order valence-corrected chi connectivity index (χ4v) is 3.72. The van der Waals surface area contributed by atoms with Crippen molar-refractivity contribution in [3.8, 4) is 0 Å². The summed E-state index contributed by atoms with van der Waals surface area (Å²) >= 11 is 0. The summed E-state index contributed by atoms with van der Waals surface area (Å²) in [6, 6.07) is 16.7. The van der Waals surface area contributed by atoms with Crippen LogP contribution in [0.3, 0.4) is 0 Å². The maximum Gasteiger partial charge on any atom is 0.287 e. The Morgan fingerprint density at radius 1 is 1.11 bits per heavy atom. The number of carbonyl (C=O) groups is 1. The number of amides is 1. The van der Waals surface area contributed by atoms with Gasteiger partial charge in [0.15, 0.2) is 11.2 Å². The number of para-hydroxylation sites is 1. The van der Waals surface area contributed by atoms with Gasteiger partial charge >= 0.3 is 0 Å². The zero-order valence-electron chi connectivity index (χ0n) is 16.2. The van der Waals surface area contributed by atoms with Gasteiger partial charge in [0.1, 0.15) is 5.58 Å². The fourth-order valence-electron chi connectivity index (χ4n) is 3.72. The number of fused-ring (bicyclic) bond motifs is 2. The highest BCUT2D eigenvalue weighted by Crippen LogP contribution is 2.25. The third-order valence-corrected chi connectivity index (χ3v) is 5.53. The topological polar surface area (TPSA) is 62.6 Å². The number of benzene rings is 2. The Hall–Kier alpha value is -2.92. The molecule has 0 saturated heterocycles. The van der Waals surface area contributed by atoms with Gasteiger partial charge in [-0.2, -0.15) is 0 Å². The molecule has 0 unspecified atom stereocenters. The third kappa shape index (κ3) is 3.58. The number of carbonyl (C=O) groups excluding carboxylic acids is 1. The van der Waals surface area contributed by atoms with Crippen molar-refractivity contribution in [3.63, 3.8) is 0 Å². The van der Waals surface area contributed by atoms with Gasteiger partial charge in [-0.05, 0) is 43.5 Å². The largest absolute Gasteiger partial charge is 0.451 e. The quantitative estimate of drug-likeness (QED) is 0.758. The van der Waals surface area contributed by atoms with Crippen molar-refractivity contribution < 1.29 is 9.21 Å². The van der Waals surface area contributed by atoms with Gasteiger partial charge < -0.3 is 9.73 Å². The van der Waals surface area contributed by atoms with Gasteiger partial charge in [0.25, 0.3) is 5.91 Å². The predicted octanol–water partition coefficient (Wildman–Crippen LogP) is 3.36. The van der Waals surface area contributed by atoms with Crippen molar-refractivity contribution in [1.82, 2.24) is 10.2 Å². The van der Waals surface area contributed by atoms with E-state index in [1.165, 1.54) is 17.2 Å². The van der Waals surface area contributed by atoms with Crippen molar-refractivity contribution in [2.75, 3.05) is 13.1 Å². The molecule has 4 rings (SSSR count). The molecule has 0 saturated carbocycles. The summed E-state index contributed by atoms with van der Waals surface area (Å²) in [5.41, 5.74) is 2.73. The maximum absolute atomic E-state index is 12.6. The van der Waals surface area contributed by atoms with Gasteiger partial charge in [-0.3, -0.25) is 14.5 Å². The van der Waals surface area contributed by atoms with Crippen LogP contribution in [0.2, 0.25) is 0 Å². The fraction of sp³-hybridized carbons (Fsp3) is 0.304. The molecular weight excluding hydrogens is 352 g/mol. The molecule has 1 N–H and O–H groups in total. The summed E-state index contributed by atoms with van der Waals surface area (Å²) in [5, 5.41) is 3.42. The average Bonchev–Trinajstić information content (AvgIpc) is 2.71. The Morgan fingerprint density at radius 3 is 2.64 bits per heavy atom. The highest BCUT2D eigenvalue weighted by molar-refractivity contribution is 5.93. The van der Waals surface area contributed by atoms with E-state index in [0.29, 0.717) is 17.5 Å². The lowest BCUT2D eigenvalue weighted by molar-refractivity contribution is 0.0806. The minimum absolute atomic E-state index is 0.0449. The van der Waals surface area contributed by atoms with Crippen LogP contribution in [0.5, 0.6) is 0 Å². The van der Waals surface area contributed by atoms with Crippen LogP contribution in [0, 0.1) is 0 Å². The molecule has 0 spiro atoms. The molecule has 0 bridgehead atoms. The van der Waals surface area contributed by atoms with E-state index in [1.807, 2.05) is 0 Å². The Labute approximate surface area is 164 Å². The van der Waals surface area contributed by atoms with Crippen LogP contribution in [-0.4, -0.2) is 29.4 Å². The highest BCUT2D eigenvalue weighted by Gasteiger charge is 2.30. The molecule has 28 heavy (non-hydrogen) atoms. The monoisotopic (exact) mass is 376 g/mol. The lowest BCUT2D eigenvalue weighted by atomic mass is 9.94. The van der Waals surface area contributed by atoms with Crippen LogP contribution in [0.4, 0.5) is 0 Å². The molecule has 5 heteroatoms. The number of rotatable bonds is 4. The lowest BCUT2D eigenvalue weighted by Gasteiger charge is -2.41. The number of nitrogens with zero attached hydrogens (tertiary/aromatic N) is 1. The smallest absolute Gasteiger partial charge is 0.287 e. The van der Waals surface area contributed by atoms with Crippen molar-refractivity contribution in [3.05, 3.63) is 81.7 Å². The first-order valence-electron chi connectivity index (χ1n) is 9.57. The van der Waals surface area contributed by atoms with E-state index in [0.717, 1.165) is 19.5 Å². The first-order chi connectivity index (χ1) is 13.4. The second-order valence-corrected chi connectivity index (χ2v) is 7.91. The minimum atomic E-state index is -0.367. The second-order valence-electron chi connectivity index (χ2n) is 7.91. The number of nitrogens with one attached hydrogen (secondary N) is 1. The Morgan fingerprint density at radius 2 is 1.82 bits per heavy atom. The standard InChI is InChI=1S/C23H24N2O3/c1-23(2,25-12-11-16-7-3-4-8-17(16)14-25)15-24-22(27)21-13-19(26)18-9-5-6-10-20(18)28-21/h3-10,13H,11-12,14-15H2,1-2H3,(H,24,27). The number of hydrogen-bond donors (Lipinski definition) is 1. The molecule has 1 aromatic heterocycles. The molecular formula is C23H24N2O3. The van der Waals surface area contributed by atoms with Crippen molar-refractivity contribution in [2.24, 2.45) is 0 Å². The van der Waals surface area contributed by atoms with Gasteiger partial charge in [-0.15, -0.1) is 0 Å². The molecule has 0 aliphatic carbocycles. The Bertz CT molecular complexity index is 1080. The highest BCUT2D eigenvalue weighted by atomic mass is 16.3. The van der Waals surface area contributed by atoms with Crippen LogP contribution in [0.25, 0.3) is 11.0 Å². The molecule has 0 fully saturated rings. The van der Waals surface area contributed by atoms with E-state index in [1.54, 1.807) is 24.3 Å². The normalized spacial score (nSPS) is 14.6. The SMILES string of the molecule is CC(C)(CNC(=O)c1cc(=O)c2ccccc2o1)N1CCc2ccccc2C1. The maximum atomic E-state index is 12.6. The van der Waals surface area contributed by atoms with Gasteiger partial charge in [-0.25, -0.2) is 0 Å². The summed E-state index contributed by atoms with van der Waals surface area (Å²) in [6.45, 7) is 6.52. The second kappa shape index (κ2) is 7.24. The molecule has 1 aliphatic rings. The zero-order valence-corrected chi connectivity index (χ0v) is 16.2. The van der Waals surface area contributed by atoms with Crippen LogP contribution in [-0.2, 0) is 13.0 Å². The number of hydrogen-bond acceptors (Lipinski definition) is 4. The van der Waals surface area contributed by atoms with Crippen LogP contribution < -0.4 is 10.7 Å². The molecule has 0 radical (unpaired) electrons. The Balaban J connectivity index is 1.46. The summed E-state index contributed by atoms with van der Waals surface area (Å²) < 4.78 is 5.64. The molecule has 0 atom stereocenters. The van der Waals surface area contributed by atoms with Gasteiger partial charge in [-0.1, -0.05) is 36.4 Å². The zero-order chi connectivity index (χ0) is 19.7. The van der Waals surface area contributed by atoms with Crippen molar-refractivity contribution in [1.29, 1.82) is 0 Å². The van der Waals surface area contributed by atoms with E-state index >= 15 is 0 Å². The minimum Gasteiger partial charge on any atom is -0.451 e. The van der Waals surface area contributed by atoms with E-state index in [4.69, 9.17) is 4.42 Å². The van der Waals surface area contributed by atoms with Crippen LogP contribution in [0.15, 0.2) is 63.8 Å². The molecule has 3 aromatic rings. The summed E-state index contributed by atoms with van der Waals surface area (Å²) in [4.78, 5) is 27.2. The van der Waals surface area contributed by atoms with Crippen molar-refractivity contribution in [2.45, 2.75) is 32.4 Å². The molecule has 144 valence electrons. The molecule has 2 heterocycles. The van der Waals surface area contributed by atoms with E-state index in [-0.39, 0.29) is 22.6 Å².